The van der Waals surface area contributed by atoms with Gasteiger partial charge >= 0.3 is 0 Å². The molecule has 1 aromatic heterocycles. The van der Waals surface area contributed by atoms with Crippen molar-refractivity contribution in [3.63, 3.8) is 0 Å². The van der Waals surface area contributed by atoms with Crippen LogP contribution >= 0.6 is 0 Å². The van der Waals surface area contributed by atoms with Crippen LogP contribution in [0.3, 0.4) is 0 Å². The van der Waals surface area contributed by atoms with Crippen LogP contribution in [-0.2, 0) is 12.0 Å². The quantitative estimate of drug-likeness (QED) is 0.251. The van der Waals surface area contributed by atoms with Gasteiger partial charge in [0.2, 0.25) is 5.82 Å². The largest absolute Gasteiger partial charge is 0.457 e. The number of fused-ring (bicyclic) bond motifs is 2. The van der Waals surface area contributed by atoms with E-state index in [2.05, 4.69) is 22.2 Å². The Labute approximate surface area is 254 Å². The Morgan fingerprint density at radius 3 is 2.27 bits per heavy atom. The predicted molar refractivity (Wildman–Crippen MR) is 162 cm³/mol. The highest BCUT2D eigenvalue weighted by molar-refractivity contribution is 5.94. The lowest BCUT2D eigenvalue weighted by molar-refractivity contribution is 0.0503. The molecule has 2 aliphatic rings. The highest BCUT2D eigenvalue weighted by Gasteiger charge is 2.44. The Morgan fingerprint density at radius 2 is 1.50 bits per heavy atom. The first-order chi connectivity index (χ1) is 21.5. The molecule has 1 spiro atoms. The summed E-state index contributed by atoms with van der Waals surface area (Å²) >= 11 is 0. The number of carbonyl (C=O) groups excluding carboxylic acids is 2. The monoisotopic (exact) mass is 587 g/mol. The number of ether oxygens (including phenoxy) is 1. The van der Waals surface area contributed by atoms with Gasteiger partial charge in [-0.3, -0.25) is 9.59 Å². The van der Waals surface area contributed by atoms with E-state index >= 15 is 0 Å². The number of amides is 2. The number of para-hydroxylation sites is 1. The highest BCUT2D eigenvalue weighted by atomic mass is 19.1. The number of nitrogens with zero attached hydrogens (tertiary/aromatic N) is 5. The number of benzene rings is 4. The van der Waals surface area contributed by atoms with E-state index in [0.717, 1.165) is 24.2 Å². The normalized spacial score (nSPS) is 15.6. The first-order valence-electron chi connectivity index (χ1n) is 14.6. The molecular weight excluding hydrogens is 557 g/mol. The van der Waals surface area contributed by atoms with E-state index in [1.165, 1.54) is 28.7 Å². The van der Waals surface area contributed by atoms with Crippen molar-refractivity contribution in [2.45, 2.75) is 24.8 Å². The molecule has 0 atom stereocenters. The van der Waals surface area contributed by atoms with Crippen molar-refractivity contribution in [3.05, 3.63) is 138 Å². The van der Waals surface area contributed by atoms with Crippen molar-refractivity contribution < 1.29 is 18.7 Å². The Bertz CT molecular complexity index is 1810. The van der Waals surface area contributed by atoms with Gasteiger partial charge in [-0.1, -0.05) is 48.5 Å². The molecule has 1 fully saturated rings. The zero-order valence-corrected chi connectivity index (χ0v) is 24.0. The Morgan fingerprint density at radius 1 is 0.773 bits per heavy atom. The number of aromatic nitrogens is 3. The number of halogens is 1. The maximum absolute atomic E-state index is 13.7. The van der Waals surface area contributed by atoms with Crippen LogP contribution in [0.15, 0.2) is 109 Å². The molecule has 1 saturated heterocycles. The number of likely N-dealkylation sites (tertiary alicyclic amines) is 1. The number of piperidine rings is 1. The molecule has 2 aliphatic heterocycles. The third-order valence-electron chi connectivity index (χ3n) is 8.57. The van der Waals surface area contributed by atoms with E-state index < -0.39 is 0 Å². The third-order valence-corrected chi connectivity index (χ3v) is 8.57. The highest BCUT2D eigenvalue weighted by Crippen LogP contribution is 2.42. The molecule has 4 aromatic carbocycles. The zero-order chi connectivity index (χ0) is 30.1. The van der Waals surface area contributed by atoms with Crippen molar-refractivity contribution >= 4 is 11.8 Å². The molecule has 5 aromatic rings. The maximum Gasteiger partial charge on any atom is 0.293 e. The van der Waals surface area contributed by atoms with Crippen LogP contribution in [0.4, 0.5) is 4.39 Å². The molecule has 0 radical (unpaired) electrons. The lowest BCUT2D eigenvalue weighted by atomic mass is 9.68. The summed E-state index contributed by atoms with van der Waals surface area (Å²) in [5.74, 6) is 0.795. The second-order valence-electron chi connectivity index (χ2n) is 11.3. The summed E-state index contributed by atoms with van der Waals surface area (Å²) < 4.78 is 21.0. The lowest BCUT2D eigenvalue weighted by Gasteiger charge is -2.48. The van der Waals surface area contributed by atoms with Crippen molar-refractivity contribution in [1.29, 1.82) is 0 Å². The van der Waals surface area contributed by atoms with E-state index in [-0.39, 0.29) is 28.9 Å². The Balaban J connectivity index is 1.06. The van der Waals surface area contributed by atoms with Gasteiger partial charge in [0.25, 0.3) is 11.8 Å². The van der Waals surface area contributed by atoms with Crippen LogP contribution in [-0.4, -0.2) is 56.0 Å². The predicted octanol–water partition coefficient (Wildman–Crippen LogP) is 6.03. The van der Waals surface area contributed by atoms with Gasteiger partial charge in [0.15, 0.2) is 0 Å². The Kier molecular flexibility index (Phi) is 7.13. The summed E-state index contributed by atoms with van der Waals surface area (Å²) in [5, 5.41) is 4.37. The molecule has 0 bridgehead atoms. The molecule has 7 rings (SSSR count). The van der Waals surface area contributed by atoms with E-state index in [9.17, 15) is 14.0 Å². The third kappa shape index (κ3) is 5.32. The first kappa shape index (κ1) is 27.5. The van der Waals surface area contributed by atoms with Gasteiger partial charge < -0.3 is 14.5 Å². The maximum atomic E-state index is 13.7. The van der Waals surface area contributed by atoms with Gasteiger partial charge in [-0.25, -0.2) is 14.1 Å². The molecule has 220 valence electrons. The van der Waals surface area contributed by atoms with Gasteiger partial charge in [-0.15, -0.1) is 5.10 Å². The Hall–Kier alpha value is -5.31. The number of carbonyl (C=O) groups is 2. The summed E-state index contributed by atoms with van der Waals surface area (Å²) in [6.45, 7) is 2.10. The van der Waals surface area contributed by atoms with Gasteiger partial charge in [0.05, 0.1) is 5.69 Å². The topological polar surface area (TPSA) is 80.6 Å². The van der Waals surface area contributed by atoms with Crippen molar-refractivity contribution in [2.24, 2.45) is 0 Å². The molecule has 2 amide bonds. The van der Waals surface area contributed by atoms with Crippen LogP contribution in [0.2, 0.25) is 0 Å². The number of hydrogen-bond donors (Lipinski definition) is 0. The van der Waals surface area contributed by atoms with E-state index in [0.29, 0.717) is 43.2 Å². The van der Waals surface area contributed by atoms with E-state index in [1.807, 2.05) is 59.5 Å². The molecular formula is C35H30FN5O3. The summed E-state index contributed by atoms with van der Waals surface area (Å²) in [6, 6.07) is 31.0. The number of rotatable bonds is 5. The second kappa shape index (κ2) is 11.4. The van der Waals surface area contributed by atoms with Crippen LogP contribution in [0.5, 0.6) is 11.5 Å². The SMILES string of the molecule is O=C(c1ccc(Oc2ccccc2)cc1)N1CCC2(CC1)CN(C(=O)c1ncn(-c3cccc(F)c3)n1)Cc1ccccc12. The van der Waals surface area contributed by atoms with Crippen LogP contribution < -0.4 is 4.74 Å². The lowest BCUT2D eigenvalue weighted by Crippen LogP contribution is -2.54. The van der Waals surface area contributed by atoms with Crippen molar-refractivity contribution in [3.8, 4) is 17.2 Å². The van der Waals surface area contributed by atoms with Crippen LogP contribution in [0, 0.1) is 5.82 Å². The van der Waals surface area contributed by atoms with E-state index in [1.54, 1.807) is 29.2 Å². The summed E-state index contributed by atoms with van der Waals surface area (Å²) in [5.41, 5.74) is 3.14. The fourth-order valence-corrected chi connectivity index (χ4v) is 6.31. The van der Waals surface area contributed by atoms with Gasteiger partial charge in [0.1, 0.15) is 23.6 Å². The van der Waals surface area contributed by atoms with Crippen molar-refractivity contribution in [1.82, 2.24) is 24.6 Å². The molecule has 9 heteroatoms. The molecule has 0 N–H and O–H groups in total. The summed E-state index contributed by atoms with van der Waals surface area (Å²) in [7, 11) is 0. The molecule has 44 heavy (non-hydrogen) atoms. The molecule has 0 saturated carbocycles. The second-order valence-corrected chi connectivity index (χ2v) is 11.3. The molecule has 0 unspecified atom stereocenters. The van der Waals surface area contributed by atoms with Crippen molar-refractivity contribution in [2.75, 3.05) is 19.6 Å². The smallest absolute Gasteiger partial charge is 0.293 e. The molecule has 8 nitrogen and oxygen atoms in total. The number of hydrogen-bond acceptors (Lipinski definition) is 5. The fourth-order valence-electron chi connectivity index (χ4n) is 6.31. The van der Waals surface area contributed by atoms with Gasteiger partial charge in [0, 0.05) is 37.2 Å². The minimum absolute atomic E-state index is 0.0183. The summed E-state index contributed by atoms with van der Waals surface area (Å²) in [6.07, 6.45) is 2.87. The van der Waals surface area contributed by atoms with E-state index in [4.69, 9.17) is 4.74 Å². The van der Waals surface area contributed by atoms with Gasteiger partial charge in [-0.2, -0.15) is 0 Å². The van der Waals surface area contributed by atoms with Crippen LogP contribution in [0.1, 0.15) is 44.9 Å². The first-order valence-corrected chi connectivity index (χ1v) is 14.6. The van der Waals surface area contributed by atoms with Crippen LogP contribution in [0.25, 0.3) is 5.69 Å². The minimum atomic E-state index is -0.389. The summed E-state index contributed by atoms with van der Waals surface area (Å²) in [4.78, 5) is 35.1. The average Bonchev–Trinajstić information content (AvgIpc) is 3.56. The minimum Gasteiger partial charge on any atom is -0.457 e. The molecule has 0 aliphatic carbocycles. The molecule has 3 heterocycles. The fraction of sp³-hybridized carbons (Fsp3) is 0.200. The average molecular weight is 588 g/mol. The zero-order valence-electron chi connectivity index (χ0n) is 24.0. The van der Waals surface area contributed by atoms with Gasteiger partial charge in [-0.05, 0) is 78.6 Å². The standard InChI is InChI=1S/C35H30FN5O3/c36-27-8-6-9-28(21-27)41-24-37-32(38-41)34(43)40-22-26-7-4-5-12-31(26)35(23-40)17-19-39(20-18-35)33(42)25-13-15-30(16-14-25)44-29-10-2-1-3-11-29/h1-16,21,24H,17-20,22-23H2.